The van der Waals surface area contributed by atoms with Crippen LogP contribution in [0.25, 0.3) is 21.5 Å². The first-order valence-electron chi connectivity index (χ1n) is 23.7. The van der Waals surface area contributed by atoms with Gasteiger partial charge in [0.2, 0.25) is 5.91 Å². The van der Waals surface area contributed by atoms with Crippen molar-refractivity contribution in [2.24, 2.45) is 5.92 Å². The Morgan fingerprint density at radius 2 is 1.51 bits per heavy atom. The fourth-order valence-corrected chi connectivity index (χ4v) is 10.9. The van der Waals surface area contributed by atoms with E-state index in [9.17, 15) is 30.1 Å². The SMILES string of the molecule is CCc1cc(CCC[C@@](O)(C(=O)C(Cc2cnc[nH]2)(Cc2cccc3ccccc23)N(Cc2cccc3ccccc23)C(C)=O)C(CC2CCCCC2)c2ccc([N+](=O)[O-])cc2[N+](=O)[O-])ccn1. The quantitative estimate of drug-likeness (QED) is 0.0554. The van der Waals surface area contributed by atoms with Crippen molar-refractivity contribution in [2.45, 2.75) is 114 Å². The number of nitrogens with one attached hydrogen (secondary N) is 1. The number of carbonyl (C=O) groups is 2. The molecule has 1 amide bonds. The maximum absolute atomic E-state index is 17.2. The standard InChI is InChI=1S/C55H58N6O7/c1-3-45-30-40(27-29-57-45)16-13-28-55(64,51(31-39-14-5-4-6-15-39)50-26-25-47(60(65)66)32-52(50)61(67)68)53(63)54(34-46-35-56-37-58-46,33-43-21-11-19-41-17-7-9-23-48(41)43)59(38(2)62)36-44-22-12-20-42-18-8-10-24-49(42)44/h7-12,17-27,29-30,32,35,37,39,51,64H,3-6,13-16,28,31,33-34,36H2,1-2H3,(H,56,58)/t51?,54?,55-/m0/s1. The number of benzene rings is 5. The van der Waals surface area contributed by atoms with Gasteiger partial charge in [-0.25, -0.2) is 4.98 Å². The smallest absolute Gasteiger partial charge is 0.279 e. The third-order valence-electron chi connectivity index (χ3n) is 14.3. The minimum absolute atomic E-state index is 0.0147. The molecular weight excluding hydrogens is 857 g/mol. The first-order valence-corrected chi connectivity index (χ1v) is 23.7. The summed E-state index contributed by atoms with van der Waals surface area (Å²) in [7, 11) is 0. The summed E-state index contributed by atoms with van der Waals surface area (Å²) in [5, 5.41) is 43.3. The number of pyridine rings is 1. The molecule has 68 heavy (non-hydrogen) atoms. The molecule has 0 spiro atoms. The normalized spacial score (nSPS) is 15.3. The number of aromatic nitrogens is 3. The van der Waals surface area contributed by atoms with E-state index in [4.69, 9.17) is 0 Å². The van der Waals surface area contributed by atoms with Gasteiger partial charge in [0.1, 0.15) is 11.1 Å². The molecule has 1 saturated carbocycles. The predicted molar refractivity (Wildman–Crippen MR) is 263 cm³/mol. The number of imidazole rings is 1. The van der Waals surface area contributed by atoms with E-state index in [0.29, 0.717) is 18.5 Å². The Labute approximate surface area is 396 Å². The number of carbonyl (C=O) groups excluding carboxylic acids is 2. The lowest BCUT2D eigenvalue weighted by Gasteiger charge is -2.49. The highest BCUT2D eigenvalue weighted by atomic mass is 16.6. The summed E-state index contributed by atoms with van der Waals surface area (Å²) in [5.41, 5.74) is -1.27. The van der Waals surface area contributed by atoms with Crippen LogP contribution in [0.1, 0.15) is 105 Å². The Morgan fingerprint density at radius 1 is 0.838 bits per heavy atom. The van der Waals surface area contributed by atoms with Crippen LogP contribution in [0, 0.1) is 26.1 Å². The van der Waals surface area contributed by atoms with Gasteiger partial charge in [0.25, 0.3) is 11.4 Å². The number of non-ortho nitro benzene ring substituents is 1. The zero-order valence-electron chi connectivity index (χ0n) is 38.7. The monoisotopic (exact) mass is 914 g/mol. The number of ketones is 1. The van der Waals surface area contributed by atoms with E-state index >= 15 is 4.79 Å². The number of fused-ring (bicyclic) bond motifs is 2. The van der Waals surface area contributed by atoms with Crippen molar-refractivity contribution in [3.63, 3.8) is 0 Å². The lowest BCUT2D eigenvalue weighted by Crippen LogP contribution is -2.66. The lowest BCUT2D eigenvalue weighted by molar-refractivity contribution is -0.394. The van der Waals surface area contributed by atoms with Gasteiger partial charge < -0.3 is 15.0 Å². The molecule has 2 aromatic heterocycles. The summed E-state index contributed by atoms with van der Waals surface area (Å²) in [6.07, 6.45) is 10.7. The van der Waals surface area contributed by atoms with E-state index in [0.717, 1.165) is 82.1 Å². The summed E-state index contributed by atoms with van der Waals surface area (Å²) in [4.78, 5) is 69.8. The maximum atomic E-state index is 17.2. The number of nitrogens with zero attached hydrogens (tertiary/aromatic N) is 5. The Balaban J connectivity index is 1.41. The summed E-state index contributed by atoms with van der Waals surface area (Å²) in [6.45, 7) is 3.45. The lowest BCUT2D eigenvalue weighted by atomic mass is 9.64. The number of hydrogen-bond acceptors (Lipinski definition) is 9. The van der Waals surface area contributed by atoms with Crippen LogP contribution in [-0.2, 0) is 41.8 Å². The second-order valence-corrected chi connectivity index (χ2v) is 18.5. The molecular formula is C55H58N6O7. The van der Waals surface area contributed by atoms with Crippen LogP contribution in [0.4, 0.5) is 11.4 Å². The van der Waals surface area contributed by atoms with E-state index in [-0.39, 0.29) is 50.1 Å². The molecule has 7 aromatic rings. The molecule has 0 bridgehead atoms. The van der Waals surface area contributed by atoms with E-state index in [1.54, 1.807) is 17.3 Å². The van der Waals surface area contributed by atoms with Crippen LogP contribution in [0.15, 0.2) is 134 Å². The maximum Gasteiger partial charge on any atom is 0.279 e. The molecule has 1 fully saturated rings. The first-order chi connectivity index (χ1) is 32.9. The molecule has 13 heteroatoms. The molecule has 3 atom stereocenters. The molecule has 13 nitrogen and oxygen atoms in total. The van der Waals surface area contributed by atoms with Gasteiger partial charge in [-0.1, -0.05) is 124 Å². The number of nitro groups is 2. The highest BCUT2D eigenvalue weighted by Crippen LogP contribution is 2.49. The minimum atomic E-state index is -2.38. The van der Waals surface area contributed by atoms with Gasteiger partial charge >= 0.3 is 0 Å². The van der Waals surface area contributed by atoms with Crippen molar-refractivity contribution in [2.75, 3.05) is 0 Å². The highest BCUT2D eigenvalue weighted by Gasteiger charge is 2.58. The van der Waals surface area contributed by atoms with Crippen LogP contribution in [0.2, 0.25) is 0 Å². The van der Waals surface area contributed by atoms with Crippen molar-refractivity contribution in [3.8, 4) is 0 Å². The molecule has 0 radical (unpaired) electrons. The number of amides is 1. The van der Waals surface area contributed by atoms with Gasteiger partial charge in [0, 0.05) is 67.6 Å². The summed E-state index contributed by atoms with van der Waals surface area (Å²) in [5.74, 6) is -2.30. The van der Waals surface area contributed by atoms with E-state index in [1.807, 2.05) is 104 Å². The van der Waals surface area contributed by atoms with Gasteiger partial charge in [-0.2, -0.15) is 0 Å². The van der Waals surface area contributed by atoms with Crippen molar-refractivity contribution >= 4 is 44.6 Å². The minimum Gasteiger partial charge on any atom is -0.381 e. The van der Waals surface area contributed by atoms with Crippen LogP contribution in [-0.4, -0.2) is 57.6 Å². The number of nitro benzene ring substituents is 2. The Morgan fingerprint density at radius 3 is 2.16 bits per heavy atom. The first kappa shape index (κ1) is 47.4. The van der Waals surface area contributed by atoms with Gasteiger partial charge in [0.05, 0.1) is 22.2 Å². The van der Waals surface area contributed by atoms with Crippen molar-refractivity contribution in [1.82, 2.24) is 19.9 Å². The van der Waals surface area contributed by atoms with Crippen LogP contribution < -0.4 is 0 Å². The fourth-order valence-electron chi connectivity index (χ4n) is 10.9. The molecule has 8 rings (SSSR count). The Hall–Kier alpha value is -7.12. The number of Topliss-reactive ketones (excluding diaryl/α,β-unsaturated/α-hetero) is 1. The molecule has 1 aliphatic rings. The molecule has 0 saturated heterocycles. The Kier molecular flexibility index (Phi) is 14.5. The summed E-state index contributed by atoms with van der Waals surface area (Å²) >= 11 is 0. The summed E-state index contributed by atoms with van der Waals surface area (Å²) in [6, 6.07) is 34.8. The number of aromatic amines is 1. The van der Waals surface area contributed by atoms with E-state index in [1.165, 1.54) is 25.4 Å². The largest absolute Gasteiger partial charge is 0.381 e. The average molecular weight is 915 g/mol. The molecule has 1 aliphatic carbocycles. The van der Waals surface area contributed by atoms with Crippen molar-refractivity contribution < 1.29 is 24.5 Å². The average Bonchev–Trinajstić information content (AvgIpc) is 3.87. The number of aryl methyl sites for hydroxylation is 2. The molecule has 2 heterocycles. The van der Waals surface area contributed by atoms with Gasteiger partial charge in [-0.15, -0.1) is 0 Å². The van der Waals surface area contributed by atoms with Crippen LogP contribution in [0.5, 0.6) is 0 Å². The van der Waals surface area contributed by atoms with E-state index < -0.39 is 50.0 Å². The third kappa shape index (κ3) is 10.1. The molecule has 5 aromatic carbocycles. The fraction of sp³-hybridized carbons (Fsp3) is 0.345. The number of H-pyrrole nitrogens is 1. The van der Waals surface area contributed by atoms with Gasteiger partial charge in [-0.05, 0) is 94.5 Å². The Bertz CT molecular complexity index is 2920. The second-order valence-electron chi connectivity index (χ2n) is 18.5. The van der Waals surface area contributed by atoms with Gasteiger partial charge in [-0.3, -0.25) is 34.8 Å². The number of hydrogen-bond donors (Lipinski definition) is 2. The van der Waals surface area contributed by atoms with Gasteiger partial charge in [0.15, 0.2) is 5.78 Å². The second kappa shape index (κ2) is 20.8. The summed E-state index contributed by atoms with van der Waals surface area (Å²) < 4.78 is 0. The zero-order valence-corrected chi connectivity index (χ0v) is 38.7. The molecule has 0 aliphatic heterocycles. The molecule has 2 N–H and O–H groups in total. The van der Waals surface area contributed by atoms with Crippen LogP contribution in [0.3, 0.4) is 0 Å². The van der Waals surface area contributed by atoms with E-state index in [2.05, 4.69) is 15.0 Å². The molecule has 350 valence electrons. The number of rotatable bonds is 20. The number of aliphatic hydroxyl groups is 1. The predicted octanol–water partition coefficient (Wildman–Crippen LogP) is 11.1. The topological polar surface area (TPSA) is 185 Å². The highest BCUT2D eigenvalue weighted by molar-refractivity contribution is 6.01. The van der Waals surface area contributed by atoms with Crippen molar-refractivity contribution in [3.05, 3.63) is 188 Å². The van der Waals surface area contributed by atoms with Crippen LogP contribution >= 0.6 is 0 Å². The third-order valence-corrected chi connectivity index (χ3v) is 14.3. The molecule has 2 unspecified atom stereocenters. The zero-order chi connectivity index (χ0) is 47.8. The van der Waals surface area contributed by atoms with Crippen molar-refractivity contribution in [1.29, 1.82) is 0 Å².